The van der Waals surface area contributed by atoms with Crippen LogP contribution in [0.25, 0.3) is 22.2 Å². The predicted molar refractivity (Wildman–Crippen MR) is 87.1 cm³/mol. The number of nitrogens with one attached hydrogen (secondary N) is 1. The maximum atomic E-state index is 4.60. The molecule has 0 aliphatic carbocycles. The van der Waals surface area contributed by atoms with E-state index in [0.29, 0.717) is 11.6 Å². The summed E-state index contributed by atoms with van der Waals surface area (Å²) >= 11 is 0. The monoisotopic (exact) mass is 303 g/mol. The lowest BCUT2D eigenvalue weighted by Gasteiger charge is -2.06. The van der Waals surface area contributed by atoms with Crippen molar-refractivity contribution in [1.82, 2.24) is 29.7 Å². The maximum absolute atomic E-state index is 4.60. The van der Waals surface area contributed by atoms with Crippen LogP contribution in [0.5, 0.6) is 0 Å². The number of hydrogen-bond donors (Lipinski definition) is 1. The minimum atomic E-state index is 0.697. The number of rotatable bonds is 3. The standard InChI is InChI=1S/C16H13N7/c1-23-9-12(8-20-23)11-6-14-13(18-7-11)2-3-16(21-14)22-15-4-5-17-10-19-15/h2-10H,1H3,(H,17,19,21,22). The number of pyridine rings is 2. The molecule has 0 aliphatic heterocycles. The van der Waals surface area contributed by atoms with Crippen molar-refractivity contribution < 1.29 is 0 Å². The van der Waals surface area contributed by atoms with Gasteiger partial charge in [0.1, 0.15) is 18.0 Å². The molecule has 4 heterocycles. The van der Waals surface area contributed by atoms with Crippen LogP contribution in [-0.4, -0.2) is 29.7 Å². The zero-order valence-corrected chi connectivity index (χ0v) is 12.4. The summed E-state index contributed by atoms with van der Waals surface area (Å²) in [5, 5.41) is 7.34. The summed E-state index contributed by atoms with van der Waals surface area (Å²) in [5.74, 6) is 1.41. The molecule has 0 bridgehead atoms. The zero-order valence-electron chi connectivity index (χ0n) is 12.4. The lowest BCUT2D eigenvalue weighted by Crippen LogP contribution is -1.96. The van der Waals surface area contributed by atoms with Crippen LogP contribution in [0.4, 0.5) is 11.6 Å². The highest BCUT2D eigenvalue weighted by Gasteiger charge is 2.05. The second kappa shape index (κ2) is 5.45. The molecule has 4 rings (SSSR count). The molecule has 0 unspecified atom stereocenters. The minimum Gasteiger partial charge on any atom is -0.325 e. The molecule has 4 aromatic rings. The van der Waals surface area contributed by atoms with Crippen molar-refractivity contribution in [3.8, 4) is 11.1 Å². The summed E-state index contributed by atoms with van der Waals surface area (Å²) in [6.45, 7) is 0. The first-order chi connectivity index (χ1) is 11.3. The Morgan fingerprint density at radius 2 is 1.91 bits per heavy atom. The van der Waals surface area contributed by atoms with Crippen molar-refractivity contribution in [2.75, 3.05) is 5.32 Å². The Morgan fingerprint density at radius 1 is 0.957 bits per heavy atom. The summed E-state index contributed by atoms with van der Waals surface area (Å²) in [7, 11) is 1.89. The first-order valence-corrected chi connectivity index (χ1v) is 7.07. The van der Waals surface area contributed by atoms with Gasteiger partial charge in [0, 0.05) is 36.8 Å². The molecule has 23 heavy (non-hydrogen) atoms. The Morgan fingerprint density at radius 3 is 2.70 bits per heavy atom. The molecule has 0 aliphatic rings. The van der Waals surface area contributed by atoms with Gasteiger partial charge in [-0.05, 0) is 24.3 Å². The third-order valence-corrected chi connectivity index (χ3v) is 3.41. The zero-order chi connectivity index (χ0) is 15.6. The van der Waals surface area contributed by atoms with E-state index < -0.39 is 0 Å². The van der Waals surface area contributed by atoms with E-state index >= 15 is 0 Å². The second-order valence-corrected chi connectivity index (χ2v) is 5.08. The van der Waals surface area contributed by atoms with Crippen LogP contribution < -0.4 is 5.32 Å². The molecule has 0 saturated heterocycles. The molecule has 4 aromatic heterocycles. The Hall–Kier alpha value is -3.35. The van der Waals surface area contributed by atoms with E-state index in [9.17, 15) is 0 Å². The maximum Gasteiger partial charge on any atom is 0.134 e. The minimum absolute atomic E-state index is 0.697. The Kier molecular flexibility index (Phi) is 3.16. The fourth-order valence-electron chi connectivity index (χ4n) is 2.30. The first-order valence-electron chi connectivity index (χ1n) is 7.07. The molecule has 0 saturated carbocycles. The molecule has 7 nitrogen and oxygen atoms in total. The van der Waals surface area contributed by atoms with Crippen molar-refractivity contribution in [1.29, 1.82) is 0 Å². The molecule has 1 N–H and O–H groups in total. The summed E-state index contributed by atoms with van der Waals surface area (Å²) in [6, 6.07) is 7.60. The quantitative estimate of drug-likeness (QED) is 0.626. The molecule has 0 radical (unpaired) electrons. The van der Waals surface area contributed by atoms with E-state index in [2.05, 4.69) is 30.4 Å². The Labute approximate surface area is 132 Å². The van der Waals surface area contributed by atoms with E-state index in [4.69, 9.17) is 0 Å². The summed E-state index contributed by atoms with van der Waals surface area (Å²) in [6.07, 6.45) is 8.76. The molecule has 7 heteroatoms. The average molecular weight is 303 g/mol. The number of aryl methyl sites for hydroxylation is 1. The molecule has 0 atom stereocenters. The van der Waals surface area contributed by atoms with Crippen molar-refractivity contribution in [3.05, 3.63) is 55.4 Å². The summed E-state index contributed by atoms with van der Waals surface area (Å²) in [5.41, 5.74) is 3.64. The van der Waals surface area contributed by atoms with E-state index in [-0.39, 0.29) is 0 Å². The molecule has 0 aromatic carbocycles. The third-order valence-electron chi connectivity index (χ3n) is 3.41. The molecule has 0 spiro atoms. The van der Waals surface area contributed by atoms with Gasteiger partial charge in [-0.3, -0.25) is 9.67 Å². The van der Waals surface area contributed by atoms with Gasteiger partial charge in [-0.15, -0.1) is 0 Å². The normalized spacial score (nSPS) is 10.8. The first kappa shape index (κ1) is 13.3. The van der Waals surface area contributed by atoms with Crippen molar-refractivity contribution in [3.63, 3.8) is 0 Å². The number of fused-ring (bicyclic) bond motifs is 1. The lowest BCUT2D eigenvalue weighted by molar-refractivity contribution is 0.768. The van der Waals surface area contributed by atoms with Crippen LogP contribution in [0, 0.1) is 0 Å². The van der Waals surface area contributed by atoms with Crippen LogP contribution >= 0.6 is 0 Å². The fourth-order valence-corrected chi connectivity index (χ4v) is 2.30. The number of aromatic nitrogens is 6. The van der Waals surface area contributed by atoms with Gasteiger partial charge in [-0.1, -0.05) is 0 Å². The van der Waals surface area contributed by atoms with Gasteiger partial charge in [0.2, 0.25) is 0 Å². The van der Waals surface area contributed by atoms with Gasteiger partial charge in [-0.25, -0.2) is 15.0 Å². The molecule has 0 amide bonds. The predicted octanol–water partition coefficient (Wildman–Crippen LogP) is 2.56. The van der Waals surface area contributed by atoms with Crippen molar-refractivity contribution in [2.45, 2.75) is 0 Å². The van der Waals surface area contributed by atoms with Crippen LogP contribution in [0.1, 0.15) is 0 Å². The topological polar surface area (TPSA) is 81.4 Å². The Balaban J connectivity index is 1.72. The van der Waals surface area contributed by atoms with Crippen LogP contribution in [0.2, 0.25) is 0 Å². The van der Waals surface area contributed by atoms with Gasteiger partial charge in [0.15, 0.2) is 0 Å². The van der Waals surface area contributed by atoms with E-state index in [0.717, 1.165) is 22.2 Å². The van der Waals surface area contributed by atoms with Crippen molar-refractivity contribution >= 4 is 22.7 Å². The average Bonchev–Trinajstić information content (AvgIpc) is 3.02. The lowest BCUT2D eigenvalue weighted by atomic mass is 10.1. The molecule has 112 valence electrons. The third kappa shape index (κ3) is 2.71. The molecular formula is C16H13N7. The summed E-state index contributed by atoms with van der Waals surface area (Å²) < 4.78 is 1.76. The second-order valence-electron chi connectivity index (χ2n) is 5.08. The largest absolute Gasteiger partial charge is 0.325 e. The SMILES string of the molecule is Cn1cc(-c2cnc3ccc(Nc4ccncn4)nc3c2)cn1. The molecular weight excluding hydrogens is 290 g/mol. The number of hydrogen-bond acceptors (Lipinski definition) is 6. The van der Waals surface area contributed by atoms with Gasteiger partial charge in [0.25, 0.3) is 0 Å². The highest BCUT2D eigenvalue weighted by Crippen LogP contribution is 2.22. The van der Waals surface area contributed by atoms with E-state index in [1.807, 2.05) is 43.8 Å². The smallest absolute Gasteiger partial charge is 0.134 e. The van der Waals surface area contributed by atoms with Crippen LogP contribution in [0.3, 0.4) is 0 Å². The van der Waals surface area contributed by atoms with Gasteiger partial charge in [0.05, 0.1) is 17.2 Å². The highest BCUT2D eigenvalue weighted by atomic mass is 15.2. The summed E-state index contributed by atoms with van der Waals surface area (Å²) in [4.78, 5) is 17.1. The number of anilines is 2. The van der Waals surface area contributed by atoms with E-state index in [1.54, 1.807) is 16.9 Å². The van der Waals surface area contributed by atoms with Gasteiger partial charge < -0.3 is 5.32 Å². The van der Waals surface area contributed by atoms with Crippen molar-refractivity contribution in [2.24, 2.45) is 7.05 Å². The molecule has 0 fully saturated rings. The fraction of sp³-hybridized carbons (Fsp3) is 0.0625. The van der Waals surface area contributed by atoms with Gasteiger partial charge >= 0.3 is 0 Å². The Bertz CT molecular complexity index is 963. The van der Waals surface area contributed by atoms with Crippen LogP contribution in [0.15, 0.2) is 55.4 Å². The van der Waals surface area contributed by atoms with Gasteiger partial charge in [-0.2, -0.15) is 5.10 Å². The number of nitrogens with zero attached hydrogens (tertiary/aromatic N) is 6. The van der Waals surface area contributed by atoms with Crippen LogP contribution in [-0.2, 0) is 7.05 Å². The van der Waals surface area contributed by atoms with E-state index in [1.165, 1.54) is 6.33 Å². The highest BCUT2D eigenvalue weighted by molar-refractivity contribution is 5.81.